The van der Waals surface area contributed by atoms with Crippen molar-refractivity contribution >= 4 is 40.9 Å². The van der Waals surface area contributed by atoms with Crippen LogP contribution in [0.15, 0.2) is 164 Å². The van der Waals surface area contributed by atoms with Crippen molar-refractivity contribution in [1.82, 2.24) is 0 Å². The number of anilines is 3. The second kappa shape index (κ2) is 13.4. The highest BCUT2D eigenvalue weighted by Gasteiger charge is 2.12. The molecule has 0 aromatic heterocycles. The van der Waals surface area contributed by atoms with E-state index in [0.717, 1.165) is 45.1 Å². The Morgan fingerprint density at radius 3 is 1.44 bits per heavy atom. The summed E-state index contributed by atoms with van der Waals surface area (Å²) in [6.45, 7) is 0. The Kier molecular flexibility index (Phi) is 8.57. The van der Waals surface area contributed by atoms with E-state index in [1.807, 2.05) is 24.3 Å². The first kappa shape index (κ1) is 27.6. The molecule has 43 heavy (non-hydrogen) atoms. The van der Waals surface area contributed by atoms with Crippen LogP contribution in [0.3, 0.4) is 0 Å². The maximum absolute atomic E-state index is 5.39. The van der Waals surface area contributed by atoms with Gasteiger partial charge in [0.1, 0.15) is 5.75 Å². The van der Waals surface area contributed by atoms with Crippen molar-refractivity contribution in [2.24, 2.45) is 0 Å². The molecule has 2 nitrogen and oxygen atoms in total. The van der Waals surface area contributed by atoms with E-state index in [0.29, 0.717) is 0 Å². The van der Waals surface area contributed by atoms with Crippen molar-refractivity contribution in [3.63, 3.8) is 0 Å². The van der Waals surface area contributed by atoms with Gasteiger partial charge in [0.25, 0.3) is 0 Å². The van der Waals surface area contributed by atoms with Gasteiger partial charge in [-0.15, -0.1) is 0 Å². The minimum Gasteiger partial charge on any atom is -0.497 e. The molecule has 2 heteroatoms. The lowest BCUT2D eigenvalue weighted by molar-refractivity contribution is 0.415. The summed E-state index contributed by atoms with van der Waals surface area (Å²) in [5.41, 5.74) is 10.3. The second-order valence-corrected chi connectivity index (χ2v) is 10.3. The fraction of sp³-hybridized carbons (Fsp3) is 0.0244. The van der Waals surface area contributed by atoms with Crippen molar-refractivity contribution in [2.45, 2.75) is 0 Å². The molecule has 0 unspecified atom stereocenters. The van der Waals surface area contributed by atoms with E-state index in [1.54, 1.807) is 7.11 Å². The average molecular weight is 556 g/mol. The molecule has 0 aliphatic heterocycles. The second-order valence-electron chi connectivity index (χ2n) is 10.3. The normalized spacial score (nSPS) is 11.4. The molecule has 0 fully saturated rings. The van der Waals surface area contributed by atoms with Crippen molar-refractivity contribution in [3.8, 4) is 5.75 Å². The molecule has 0 N–H and O–H groups in total. The van der Waals surface area contributed by atoms with E-state index in [1.165, 1.54) is 11.1 Å². The van der Waals surface area contributed by atoms with Gasteiger partial charge in [-0.3, -0.25) is 0 Å². The number of para-hydroxylation sites is 1. The first-order valence-electron chi connectivity index (χ1n) is 14.5. The summed E-state index contributed by atoms with van der Waals surface area (Å²) >= 11 is 0. The van der Waals surface area contributed by atoms with Gasteiger partial charge in [0.2, 0.25) is 0 Å². The minimum absolute atomic E-state index is 0.849. The fourth-order valence-corrected chi connectivity index (χ4v) is 5.12. The van der Waals surface area contributed by atoms with Crippen LogP contribution in [0.2, 0.25) is 0 Å². The maximum atomic E-state index is 5.39. The van der Waals surface area contributed by atoms with Gasteiger partial charge < -0.3 is 9.64 Å². The molecule has 6 aromatic carbocycles. The molecule has 0 bridgehead atoms. The first-order valence-corrected chi connectivity index (χ1v) is 14.5. The Hall–Kier alpha value is -5.60. The summed E-state index contributed by atoms with van der Waals surface area (Å²) < 4.78 is 5.39. The minimum atomic E-state index is 0.849. The van der Waals surface area contributed by atoms with E-state index < -0.39 is 0 Å². The van der Waals surface area contributed by atoms with Crippen LogP contribution in [0.4, 0.5) is 17.1 Å². The van der Waals surface area contributed by atoms with Crippen molar-refractivity contribution in [2.75, 3.05) is 12.0 Å². The van der Waals surface area contributed by atoms with Crippen LogP contribution in [0.25, 0.3) is 23.8 Å². The van der Waals surface area contributed by atoms with Crippen LogP contribution in [-0.4, -0.2) is 7.11 Å². The zero-order valence-electron chi connectivity index (χ0n) is 24.2. The number of hydrogen-bond acceptors (Lipinski definition) is 2. The third kappa shape index (κ3) is 6.83. The van der Waals surface area contributed by atoms with E-state index in [2.05, 4.69) is 163 Å². The Morgan fingerprint density at radius 1 is 0.442 bits per heavy atom. The molecule has 0 heterocycles. The summed E-state index contributed by atoms with van der Waals surface area (Å²) in [7, 11) is 1.70. The molecule has 6 aromatic rings. The molecule has 0 saturated heterocycles. The van der Waals surface area contributed by atoms with Gasteiger partial charge in [0, 0.05) is 17.1 Å². The standard InChI is InChI=1S/C41H33NO/c1-43-40-29-23-36(24-30-40)41(35-13-7-3-8-14-35)31-34-21-27-39(28-22-34)42(37-15-9-4-10-16-37)38-25-19-33(20-26-38)18-17-32-11-5-2-6-12-32/h2-31H,1H3. The first-order chi connectivity index (χ1) is 21.3. The van der Waals surface area contributed by atoms with Gasteiger partial charge in [-0.2, -0.15) is 0 Å². The SMILES string of the molecule is COc1ccc(C(=Cc2ccc(N(c3ccccc3)c3ccc(C=Cc4ccccc4)cc3)cc2)c2ccccc2)cc1. The van der Waals surface area contributed by atoms with Crippen LogP contribution in [-0.2, 0) is 0 Å². The molecule has 0 aliphatic carbocycles. The van der Waals surface area contributed by atoms with Crippen LogP contribution >= 0.6 is 0 Å². The number of methoxy groups -OCH3 is 1. The molecule has 0 atom stereocenters. The fourth-order valence-electron chi connectivity index (χ4n) is 5.12. The summed E-state index contributed by atoms with van der Waals surface area (Å²) in [4.78, 5) is 2.29. The predicted molar refractivity (Wildman–Crippen MR) is 183 cm³/mol. The lowest BCUT2D eigenvalue weighted by Gasteiger charge is -2.25. The monoisotopic (exact) mass is 555 g/mol. The third-order valence-corrected chi connectivity index (χ3v) is 7.38. The third-order valence-electron chi connectivity index (χ3n) is 7.38. The zero-order valence-corrected chi connectivity index (χ0v) is 24.2. The van der Waals surface area contributed by atoms with Gasteiger partial charge in [0.05, 0.1) is 7.11 Å². The number of ether oxygens (including phenoxy) is 1. The molecular formula is C41H33NO. The maximum Gasteiger partial charge on any atom is 0.118 e. The lowest BCUT2D eigenvalue weighted by Crippen LogP contribution is -2.09. The van der Waals surface area contributed by atoms with E-state index in [-0.39, 0.29) is 0 Å². The van der Waals surface area contributed by atoms with Crippen LogP contribution in [0, 0.1) is 0 Å². The molecule has 6 rings (SSSR count). The van der Waals surface area contributed by atoms with Crippen LogP contribution < -0.4 is 9.64 Å². The van der Waals surface area contributed by atoms with E-state index in [9.17, 15) is 0 Å². The van der Waals surface area contributed by atoms with Gasteiger partial charge in [-0.25, -0.2) is 0 Å². The Labute approximate surface area is 254 Å². The molecule has 0 radical (unpaired) electrons. The number of rotatable bonds is 9. The highest BCUT2D eigenvalue weighted by Crippen LogP contribution is 2.35. The smallest absolute Gasteiger partial charge is 0.118 e. The summed E-state index contributed by atoms with van der Waals surface area (Å²) in [5, 5.41) is 0. The topological polar surface area (TPSA) is 12.5 Å². The highest BCUT2D eigenvalue weighted by molar-refractivity contribution is 5.92. The number of benzene rings is 6. The van der Waals surface area contributed by atoms with Crippen LogP contribution in [0.5, 0.6) is 5.75 Å². The quantitative estimate of drug-likeness (QED) is 0.165. The summed E-state index contributed by atoms with van der Waals surface area (Å²) in [6, 6.07) is 57.1. The van der Waals surface area contributed by atoms with Gasteiger partial charge in [-0.1, -0.05) is 127 Å². The van der Waals surface area contributed by atoms with Crippen LogP contribution in [0.1, 0.15) is 27.8 Å². The van der Waals surface area contributed by atoms with Gasteiger partial charge >= 0.3 is 0 Å². The Bertz CT molecular complexity index is 1790. The molecule has 0 amide bonds. The Balaban J connectivity index is 1.32. The molecule has 208 valence electrons. The molecule has 0 aliphatic rings. The van der Waals surface area contributed by atoms with Gasteiger partial charge in [-0.05, 0) is 88.0 Å². The van der Waals surface area contributed by atoms with E-state index in [4.69, 9.17) is 4.74 Å². The predicted octanol–water partition coefficient (Wildman–Crippen LogP) is 10.9. The molecule has 0 spiro atoms. The number of nitrogens with zero attached hydrogens (tertiary/aromatic N) is 1. The summed E-state index contributed by atoms with van der Waals surface area (Å²) in [6.07, 6.45) is 6.55. The Morgan fingerprint density at radius 2 is 0.884 bits per heavy atom. The highest BCUT2D eigenvalue weighted by atomic mass is 16.5. The van der Waals surface area contributed by atoms with Crippen molar-refractivity contribution in [1.29, 1.82) is 0 Å². The van der Waals surface area contributed by atoms with Crippen molar-refractivity contribution < 1.29 is 4.74 Å². The number of hydrogen-bond donors (Lipinski definition) is 0. The van der Waals surface area contributed by atoms with Gasteiger partial charge in [0.15, 0.2) is 0 Å². The zero-order chi connectivity index (χ0) is 29.3. The lowest BCUT2D eigenvalue weighted by atomic mass is 9.95. The summed E-state index contributed by atoms with van der Waals surface area (Å²) in [5.74, 6) is 0.849. The molecular weight excluding hydrogens is 522 g/mol. The largest absolute Gasteiger partial charge is 0.497 e. The van der Waals surface area contributed by atoms with Crippen molar-refractivity contribution in [3.05, 3.63) is 192 Å². The molecule has 0 saturated carbocycles. The average Bonchev–Trinajstić information content (AvgIpc) is 3.09. The van der Waals surface area contributed by atoms with E-state index >= 15 is 0 Å².